The third-order valence-corrected chi connectivity index (χ3v) is 3.06. The number of alkyl halides is 1. The number of aromatic nitrogens is 2. The van der Waals surface area contributed by atoms with Crippen LogP contribution in [0, 0.1) is 0 Å². The predicted octanol–water partition coefficient (Wildman–Crippen LogP) is 3.22. The van der Waals surface area contributed by atoms with Crippen LogP contribution in [0.15, 0.2) is 40.0 Å². The predicted molar refractivity (Wildman–Crippen MR) is 64.5 cm³/mol. The van der Waals surface area contributed by atoms with Crippen LogP contribution >= 0.6 is 34.4 Å². The number of halogens is 1. The van der Waals surface area contributed by atoms with Crippen LogP contribution in [0.1, 0.15) is 0 Å². The summed E-state index contributed by atoms with van der Waals surface area (Å²) in [6.07, 6.45) is 0. The Balaban J connectivity index is 2.25. The van der Waals surface area contributed by atoms with Gasteiger partial charge in [0.25, 0.3) is 5.22 Å². The van der Waals surface area contributed by atoms with Gasteiger partial charge in [-0.1, -0.05) is 52.6 Å². The second kappa shape index (κ2) is 4.79. The minimum Gasteiger partial charge on any atom is -0.411 e. The fourth-order valence-electron chi connectivity index (χ4n) is 1.01. The molecule has 2 aromatic rings. The van der Waals surface area contributed by atoms with Crippen LogP contribution in [0.25, 0.3) is 11.5 Å². The standard InChI is InChI=1S/C9H7IN2OS/c10-6-14-9-12-11-8(13-9)7-4-2-1-3-5-7/h1-5H,6H2. The van der Waals surface area contributed by atoms with Gasteiger partial charge in [-0.3, -0.25) is 0 Å². The SMILES string of the molecule is ICSc1nnc(-c2ccccc2)o1. The topological polar surface area (TPSA) is 38.9 Å². The maximum atomic E-state index is 5.45. The first-order chi connectivity index (χ1) is 6.90. The summed E-state index contributed by atoms with van der Waals surface area (Å²) in [4.78, 5) is 0. The molecule has 0 N–H and O–H groups in total. The summed E-state index contributed by atoms with van der Waals surface area (Å²) in [6.45, 7) is 0. The fourth-order valence-corrected chi connectivity index (χ4v) is 2.14. The van der Waals surface area contributed by atoms with Crippen LogP contribution in [0.2, 0.25) is 0 Å². The molecule has 1 aromatic carbocycles. The molecule has 0 bridgehead atoms. The molecule has 0 atom stereocenters. The number of hydrogen-bond donors (Lipinski definition) is 0. The van der Waals surface area contributed by atoms with Gasteiger partial charge in [-0.25, -0.2) is 0 Å². The third-order valence-electron chi connectivity index (χ3n) is 1.61. The number of thioether (sulfide) groups is 1. The highest BCUT2D eigenvalue weighted by Crippen LogP contribution is 2.23. The summed E-state index contributed by atoms with van der Waals surface area (Å²) in [6, 6.07) is 9.76. The second-order valence-corrected chi connectivity index (χ2v) is 5.22. The monoisotopic (exact) mass is 318 g/mol. The summed E-state index contributed by atoms with van der Waals surface area (Å²) in [5.74, 6) is 0.581. The van der Waals surface area contributed by atoms with Crippen LogP contribution < -0.4 is 0 Å². The van der Waals surface area contributed by atoms with Crippen LogP contribution in [0.3, 0.4) is 0 Å². The van der Waals surface area contributed by atoms with E-state index in [0.717, 1.165) is 9.32 Å². The fraction of sp³-hybridized carbons (Fsp3) is 0.111. The van der Waals surface area contributed by atoms with Gasteiger partial charge in [0.05, 0.1) is 3.76 Å². The minimum atomic E-state index is 0.581. The molecule has 0 radical (unpaired) electrons. The summed E-state index contributed by atoms with van der Waals surface area (Å²) < 4.78 is 6.36. The first kappa shape index (κ1) is 9.97. The van der Waals surface area contributed by atoms with Crippen molar-refractivity contribution in [1.82, 2.24) is 10.2 Å². The van der Waals surface area contributed by atoms with Crippen LogP contribution in [0.5, 0.6) is 0 Å². The quantitative estimate of drug-likeness (QED) is 0.495. The van der Waals surface area contributed by atoms with Gasteiger partial charge < -0.3 is 4.42 Å². The lowest BCUT2D eigenvalue weighted by Crippen LogP contribution is -1.75. The van der Waals surface area contributed by atoms with E-state index in [4.69, 9.17) is 4.42 Å². The molecule has 72 valence electrons. The highest BCUT2D eigenvalue weighted by Gasteiger charge is 2.06. The van der Waals surface area contributed by atoms with Crippen molar-refractivity contribution >= 4 is 34.4 Å². The van der Waals surface area contributed by atoms with E-state index >= 15 is 0 Å². The van der Waals surface area contributed by atoms with Crippen molar-refractivity contribution in [2.45, 2.75) is 5.22 Å². The van der Waals surface area contributed by atoms with Crippen molar-refractivity contribution < 1.29 is 4.42 Å². The maximum absolute atomic E-state index is 5.45. The van der Waals surface area contributed by atoms with Gasteiger partial charge >= 0.3 is 0 Å². The van der Waals surface area contributed by atoms with Crippen molar-refractivity contribution in [3.63, 3.8) is 0 Å². The van der Waals surface area contributed by atoms with Crippen LogP contribution in [-0.2, 0) is 0 Å². The molecule has 5 heteroatoms. The summed E-state index contributed by atoms with van der Waals surface area (Å²) >= 11 is 3.79. The van der Waals surface area contributed by atoms with Gasteiger partial charge in [0.2, 0.25) is 5.89 Å². The Kier molecular flexibility index (Phi) is 3.41. The Morgan fingerprint density at radius 2 is 2.00 bits per heavy atom. The lowest BCUT2D eigenvalue weighted by atomic mass is 10.2. The van der Waals surface area contributed by atoms with E-state index in [-0.39, 0.29) is 0 Å². The van der Waals surface area contributed by atoms with Crippen molar-refractivity contribution in [2.24, 2.45) is 0 Å². The molecule has 0 unspecified atom stereocenters. The maximum Gasteiger partial charge on any atom is 0.277 e. The molecule has 0 aliphatic rings. The minimum absolute atomic E-state index is 0.581. The first-order valence-electron chi connectivity index (χ1n) is 3.98. The zero-order valence-electron chi connectivity index (χ0n) is 7.18. The molecular weight excluding hydrogens is 311 g/mol. The van der Waals surface area contributed by atoms with Crippen molar-refractivity contribution in [1.29, 1.82) is 0 Å². The number of hydrogen-bond acceptors (Lipinski definition) is 4. The van der Waals surface area contributed by atoms with E-state index in [1.54, 1.807) is 0 Å². The van der Waals surface area contributed by atoms with Crippen molar-refractivity contribution in [2.75, 3.05) is 3.76 Å². The number of benzene rings is 1. The van der Waals surface area contributed by atoms with E-state index in [9.17, 15) is 0 Å². The molecule has 0 aliphatic heterocycles. The summed E-state index contributed by atoms with van der Waals surface area (Å²) in [5.41, 5.74) is 0.959. The van der Waals surface area contributed by atoms with Gasteiger partial charge in [0, 0.05) is 5.56 Å². The molecular formula is C9H7IN2OS. The Bertz CT molecular complexity index is 404. The molecule has 2 rings (SSSR count). The smallest absolute Gasteiger partial charge is 0.277 e. The molecule has 0 fully saturated rings. The van der Waals surface area contributed by atoms with Gasteiger partial charge in [-0.2, -0.15) is 0 Å². The van der Waals surface area contributed by atoms with Gasteiger partial charge in [0.15, 0.2) is 0 Å². The summed E-state index contributed by atoms with van der Waals surface area (Å²) in [7, 11) is 0. The zero-order valence-corrected chi connectivity index (χ0v) is 10.2. The van der Waals surface area contributed by atoms with Gasteiger partial charge in [0.1, 0.15) is 0 Å². The normalized spacial score (nSPS) is 10.4. The first-order valence-corrected chi connectivity index (χ1v) is 6.49. The Hall–Kier alpha value is -0.560. The van der Waals surface area contributed by atoms with Crippen molar-refractivity contribution in [3.05, 3.63) is 30.3 Å². The highest BCUT2D eigenvalue weighted by atomic mass is 127. The average Bonchev–Trinajstić information content (AvgIpc) is 2.68. The Morgan fingerprint density at radius 3 is 2.71 bits per heavy atom. The molecule has 0 saturated carbocycles. The van der Waals surface area contributed by atoms with E-state index in [0.29, 0.717) is 11.1 Å². The third kappa shape index (κ3) is 2.27. The molecule has 0 amide bonds. The van der Waals surface area contributed by atoms with Crippen molar-refractivity contribution in [3.8, 4) is 11.5 Å². The molecule has 0 saturated heterocycles. The second-order valence-electron chi connectivity index (χ2n) is 2.49. The Labute approximate surface area is 99.4 Å². The Morgan fingerprint density at radius 1 is 1.21 bits per heavy atom. The van der Waals surface area contributed by atoms with E-state index < -0.39 is 0 Å². The lowest BCUT2D eigenvalue weighted by molar-refractivity contribution is 0.466. The highest BCUT2D eigenvalue weighted by molar-refractivity contribution is 14.1. The van der Waals surface area contributed by atoms with Gasteiger partial charge in [-0.05, 0) is 12.1 Å². The van der Waals surface area contributed by atoms with E-state index in [1.165, 1.54) is 11.8 Å². The van der Waals surface area contributed by atoms with Gasteiger partial charge in [-0.15, -0.1) is 10.2 Å². The summed E-state index contributed by atoms with van der Waals surface area (Å²) in [5, 5.41) is 8.51. The average molecular weight is 318 g/mol. The zero-order chi connectivity index (χ0) is 9.80. The number of nitrogens with zero attached hydrogens (tertiary/aromatic N) is 2. The largest absolute Gasteiger partial charge is 0.411 e. The molecule has 14 heavy (non-hydrogen) atoms. The van der Waals surface area contributed by atoms with E-state index in [2.05, 4.69) is 32.8 Å². The molecule has 1 aromatic heterocycles. The molecule has 3 nitrogen and oxygen atoms in total. The molecule has 0 spiro atoms. The van der Waals surface area contributed by atoms with Crippen LogP contribution in [0.4, 0.5) is 0 Å². The lowest BCUT2D eigenvalue weighted by Gasteiger charge is -1.91. The molecule has 0 aliphatic carbocycles. The molecule has 1 heterocycles. The van der Waals surface area contributed by atoms with Crippen LogP contribution in [-0.4, -0.2) is 14.0 Å². The number of rotatable bonds is 3. The van der Waals surface area contributed by atoms with E-state index in [1.807, 2.05) is 30.3 Å².